The fourth-order valence-corrected chi connectivity index (χ4v) is 2.60. The summed E-state index contributed by atoms with van der Waals surface area (Å²) in [6, 6.07) is 5.90. The number of ether oxygens (including phenoxy) is 1. The zero-order chi connectivity index (χ0) is 14.2. The van der Waals surface area contributed by atoms with E-state index < -0.39 is 0 Å². The fourth-order valence-electron chi connectivity index (χ4n) is 2.60. The van der Waals surface area contributed by atoms with E-state index in [2.05, 4.69) is 22.4 Å². The second-order valence-corrected chi connectivity index (χ2v) is 5.59. The molecule has 1 saturated heterocycles. The first-order valence-electron chi connectivity index (χ1n) is 6.82. The minimum Gasteiger partial charge on any atom is -0.496 e. The Morgan fingerprint density at radius 2 is 2.25 bits per heavy atom. The van der Waals surface area contributed by atoms with Crippen molar-refractivity contribution in [2.75, 3.05) is 20.2 Å². The highest BCUT2D eigenvalue weighted by Gasteiger charge is 2.36. The summed E-state index contributed by atoms with van der Waals surface area (Å²) in [5.41, 5.74) is 1.96. The predicted molar refractivity (Wildman–Crippen MR) is 75.9 cm³/mol. The minimum absolute atomic E-state index is 0.0488. The number of methoxy groups -OCH3 is 1. The Labute approximate surface area is 118 Å². The molecule has 0 spiro atoms. The zero-order valence-electron chi connectivity index (χ0n) is 12.1. The lowest BCUT2D eigenvalue weighted by atomic mass is 9.90. The molecule has 0 aliphatic carbocycles. The summed E-state index contributed by atoms with van der Waals surface area (Å²) in [7, 11) is 1.67. The topological polar surface area (TPSA) is 60.2 Å². The van der Waals surface area contributed by atoms with Crippen LogP contribution in [0.4, 0.5) is 0 Å². The number of aryl methyl sites for hydroxylation is 1. The Morgan fingerprint density at radius 1 is 1.40 bits per heavy atom. The first kappa shape index (κ1) is 13.1. The van der Waals surface area contributed by atoms with Gasteiger partial charge in [0.15, 0.2) is 0 Å². The highest BCUT2D eigenvalue weighted by molar-refractivity contribution is 5.58. The van der Waals surface area contributed by atoms with Gasteiger partial charge in [0.1, 0.15) is 5.75 Å². The standard InChI is InChI=1S/C15H19N3O2/c1-10-8-11(4-5-12(10)19-3)13-17-14(20-18-13)15(2)6-7-16-9-15/h4-5,8,16H,6-7,9H2,1-3H3. The van der Waals surface area contributed by atoms with Gasteiger partial charge in [-0.05, 0) is 50.6 Å². The molecule has 2 heterocycles. The van der Waals surface area contributed by atoms with Crippen molar-refractivity contribution in [3.63, 3.8) is 0 Å². The Morgan fingerprint density at radius 3 is 2.90 bits per heavy atom. The largest absolute Gasteiger partial charge is 0.496 e. The van der Waals surface area contributed by atoms with Crippen LogP contribution < -0.4 is 10.1 Å². The molecule has 3 rings (SSSR count). The van der Waals surface area contributed by atoms with Crippen LogP contribution in [0.5, 0.6) is 5.75 Å². The van der Waals surface area contributed by atoms with E-state index in [-0.39, 0.29) is 5.41 Å². The van der Waals surface area contributed by atoms with Gasteiger partial charge in [0.05, 0.1) is 12.5 Å². The average Bonchev–Trinajstić information content (AvgIpc) is 3.08. The van der Waals surface area contributed by atoms with Gasteiger partial charge in [0.2, 0.25) is 11.7 Å². The van der Waals surface area contributed by atoms with Gasteiger partial charge in [-0.1, -0.05) is 5.16 Å². The Hall–Kier alpha value is -1.88. The van der Waals surface area contributed by atoms with Crippen LogP contribution in [-0.2, 0) is 5.41 Å². The van der Waals surface area contributed by atoms with Crippen LogP contribution in [-0.4, -0.2) is 30.3 Å². The van der Waals surface area contributed by atoms with Gasteiger partial charge in [-0.2, -0.15) is 4.98 Å². The number of hydrogen-bond donors (Lipinski definition) is 1. The van der Waals surface area contributed by atoms with Crippen molar-refractivity contribution in [3.8, 4) is 17.1 Å². The van der Waals surface area contributed by atoms with Crippen LogP contribution in [0.3, 0.4) is 0 Å². The van der Waals surface area contributed by atoms with Crippen molar-refractivity contribution in [2.45, 2.75) is 25.7 Å². The molecule has 0 bridgehead atoms. The number of nitrogens with one attached hydrogen (secondary N) is 1. The molecule has 1 aromatic carbocycles. The van der Waals surface area contributed by atoms with E-state index >= 15 is 0 Å². The van der Waals surface area contributed by atoms with E-state index in [1.54, 1.807) is 7.11 Å². The maximum Gasteiger partial charge on any atom is 0.234 e. The lowest BCUT2D eigenvalue weighted by Crippen LogP contribution is -2.25. The van der Waals surface area contributed by atoms with Gasteiger partial charge < -0.3 is 14.6 Å². The molecule has 1 aliphatic heterocycles. The van der Waals surface area contributed by atoms with Crippen LogP contribution in [0.1, 0.15) is 24.8 Å². The molecule has 1 aliphatic rings. The molecule has 2 aromatic rings. The van der Waals surface area contributed by atoms with Crippen molar-refractivity contribution in [1.82, 2.24) is 15.5 Å². The van der Waals surface area contributed by atoms with E-state index in [0.29, 0.717) is 11.7 Å². The molecule has 0 radical (unpaired) electrons. The van der Waals surface area contributed by atoms with E-state index in [4.69, 9.17) is 9.26 Å². The molecule has 20 heavy (non-hydrogen) atoms. The summed E-state index contributed by atoms with van der Waals surface area (Å²) in [5.74, 6) is 2.22. The van der Waals surface area contributed by atoms with Gasteiger partial charge in [0, 0.05) is 12.1 Å². The average molecular weight is 273 g/mol. The van der Waals surface area contributed by atoms with E-state index in [9.17, 15) is 0 Å². The maximum absolute atomic E-state index is 5.47. The first-order chi connectivity index (χ1) is 9.62. The van der Waals surface area contributed by atoms with Crippen LogP contribution >= 0.6 is 0 Å². The molecule has 106 valence electrons. The van der Waals surface area contributed by atoms with Gasteiger partial charge >= 0.3 is 0 Å². The predicted octanol–water partition coefficient (Wildman–Crippen LogP) is 2.30. The zero-order valence-corrected chi connectivity index (χ0v) is 12.1. The quantitative estimate of drug-likeness (QED) is 0.930. The van der Waals surface area contributed by atoms with Crippen LogP contribution in [0, 0.1) is 6.92 Å². The Kier molecular flexibility index (Phi) is 3.22. The summed E-state index contributed by atoms with van der Waals surface area (Å²) in [6.07, 6.45) is 1.02. The monoisotopic (exact) mass is 273 g/mol. The van der Waals surface area contributed by atoms with Crippen molar-refractivity contribution in [1.29, 1.82) is 0 Å². The highest BCUT2D eigenvalue weighted by atomic mass is 16.5. The summed E-state index contributed by atoms with van der Waals surface area (Å²) < 4.78 is 10.7. The fraction of sp³-hybridized carbons (Fsp3) is 0.467. The number of benzene rings is 1. The number of nitrogens with zero attached hydrogens (tertiary/aromatic N) is 2. The normalized spacial score (nSPS) is 22.1. The molecular weight excluding hydrogens is 254 g/mol. The second-order valence-electron chi connectivity index (χ2n) is 5.59. The summed E-state index contributed by atoms with van der Waals surface area (Å²) in [6.45, 7) is 6.04. The SMILES string of the molecule is COc1ccc(-c2noc(C3(C)CCNC3)n2)cc1C. The Balaban J connectivity index is 1.92. The highest BCUT2D eigenvalue weighted by Crippen LogP contribution is 2.31. The third-order valence-corrected chi connectivity index (χ3v) is 3.96. The molecule has 1 aromatic heterocycles. The van der Waals surface area contributed by atoms with Crippen LogP contribution in [0.2, 0.25) is 0 Å². The van der Waals surface area contributed by atoms with E-state index in [1.807, 2.05) is 25.1 Å². The summed E-state index contributed by atoms with van der Waals surface area (Å²) >= 11 is 0. The summed E-state index contributed by atoms with van der Waals surface area (Å²) in [5, 5.41) is 7.46. The van der Waals surface area contributed by atoms with Crippen molar-refractivity contribution in [3.05, 3.63) is 29.7 Å². The van der Waals surface area contributed by atoms with Crippen LogP contribution in [0.15, 0.2) is 22.7 Å². The second kappa shape index (κ2) is 4.90. The Bertz CT molecular complexity index is 615. The third kappa shape index (κ3) is 2.18. The lowest BCUT2D eigenvalue weighted by molar-refractivity contribution is 0.306. The number of rotatable bonds is 3. The van der Waals surface area contributed by atoms with E-state index in [1.165, 1.54) is 0 Å². The summed E-state index contributed by atoms with van der Waals surface area (Å²) in [4.78, 5) is 4.57. The van der Waals surface area contributed by atoms with Crippen LogP contribution in [0.25, 0.3) is 11.4 Å². The van der Waals surface area contributed by atoms with E-state index in [0.717, 1.165) is 36.4 Å². The molecular formula is C15H19N3O2. The van der Waals surface area contributed by atoms with Gasteiger partial charge in [-0.3, -0.25) is 0 Å². The minimum atomic E-state index is -0.0488. The van der Waals surface area contributed by atoms with Gasteiger partial charge in [0.25, 0.3) is 0 Å². The smallest absolute Gasteiger partial charge is 0.234 e. The maximum atomic E-state index is 5.47. The first-order valence-corrected chi connectivity index (χ1v) is 6.82. The molecule has 1 N–H and O–H groups in total. The molecule has 0 saturated carbocycles. The number of aromatic nitrogens is 2. The number of hydrogen-bond acceptors (Lipinski definition) is 5. The van der Waals surface area contributed by atoms with Crippen molar-refractivity contribution < 1.29 is 9.26 Å². The molecule has 1 fully saturated rings. The molecule has 5 nitrogen and oxygen atoms in total. The molecule has 1 unspecified atom stereocenters. The third-order valence-electron chi connectivity index (χ3n) is 3.96. The lowest BCUT2D eigenvalue weighted by Gasteiger charge is -2.15. The van der Waals surface area contributed by atoms with Crippen molar-refractivity contribution >= 4 is 0 Å². The molecule has 5 heteroatoms. The van der Waals surface area contributed by atoms with Gasteiger partial charge in [-0.25, -0.2) is 0 Å². The van der Waals surface area contributed by atoms with Crippen molar-refractivity contribution in [2.24, 2.45) is 0 Å². The van der Waals surface area contributed by atoms with Gasteiger partial charge in [-0.15, -0.1) is 0 Å². The molecule has 1 atom stereocenters. The molecule has 0 amide bonds.